The number of benzene rings is 1. The van der Waals surface area contributed by atoms with Crippen molar-refractivity contribution >= 4 is 0 Å². The Kier molecular flexibility index (Phi) is 4.50. The van der Waals surface area contributed by atoms with Gasteiger partial charge in [0, 0.05) is 12.6 Å². The molecule has 118 valence electrons. The maximum Gasteiger partial charge on any atom is 0.129 e. The summed E-state index contributed by atoms with van der Waals surface area (Å²) in [7, 11) is 1.69. The Bertz CT molecular complexity index is 605. The zero-order valence-electron chi connectivity index (χ0n) is 13.2. The van der Waals surface area contributed by atoms with Gasteiger partial charge in [0.15, 0.2) is 0 Å². The standard InChI is InChI=1S/C18H23NO3/c1-13-9-18(14-3-5-15(21-2)6-4-14)19(10-13)11-16-7-8-17(12-20)22-16/h3-8,13,18,20H,9-12H2,1-2H3/t13-,18-/m1/s1. The maximum absolute atomic E-state index is 9.11. The average Bonchev–Trinajstić information content (AvgIpc) is 3.14. The first-order valence-electron chi connectivity index (χ1n) is 7.76. The summed E-state index contributed by atoms with van der Waals surface area (Å²) in [4.78, 5) is 2.45. The third-order valence-electron chi connectivity index (χ3n) is 4.35. The van der Waals surface area contributed by atoms with E-state index in [1.807, 2.05) is 24.3 Å². The van der Waals surface area contributed by atoms with Crippen LogP contribution in [0, 0.1) is 5.92 Å². The molecule has 1 N–H and O–H groups in total. The zero-order valence-corrected chi connectivity index (χ0v) is 13.2. The summed E-state index contributed by atoms with van der Waals surface area (Å²) in [5.74, 6) is 3.10. The predicted octanol–water partition coefficient (Wildman–Crippen LogP) is 3.36. The Balaban J connectivity index is 1.76. The highest BCUT2D eigenvalue weighted by Crippen LogP contribution is 2.37. The van der Waals surface area contributed by atoms with Crippen molar-refractivity contribution in [2.45, 2.75) is 32.5 Å². The second-order valence-corrected chi connectivity index (χ2v) is 6.09. The molecule has 0 saturated carbocycles. The molecule has 2 atom stereocenters. The molecule has 0 spiro atoms. The van der Waals surface area contributed by atoms with E-state index in [2.05, 4.69) is 24.0 Å². The van der Waals surface area contributed by atoms with Crippen LogP contribution in [0.3, 0.4) is 0 Å². The van der Waals surface area contributed by atoms with Crippen molar-refractivity contribution in [3.8, 4) is 5.75 Å². The molecule has 0 bridgehead atoms. The number of rotatable bonds is 5. The molecule has 1 aromatic heterocycles. The first kappa shape index (κ1) is 15.1. The van der Waals surface area contributed by atoms with E-state index < -0.39 is 0 Å². The fourth-order valence-electron chi connectivity index (χ4n) is 3.27. The molecule has 0 unspecified atom stereocenters. The van der Waals surface area contributed by atoms with Gasteiger partial charge in [-0.15, -0.1) is 0 Å². The number of furan rings is 1. The molecule has 0 aliphatic carbocycles. The van der Waals surface area contributed by atoms with Crippen molar-refractivity contribution in [2.75, 3.05) is 13.7 Å². The van der Waals surface area contributed by atoms with Crippen molar-refractivity contribution in [3.05, 3.63) is 53.5 Å². The van der Waals surface area contributed by atoms with Crippen LogP contribution in [-0.4, -0.2) is 23.7 Å². The van der Waals surface area contributed by atoms with Gasteiger partial charge in [-0.3, -0.25) is 4.90 Å². The Morgan fingerprint density at radius 2 is 1.91 bits per heavy atom. The predicted molar refractivity (Wildman–Crippen MR) is 84.6 cm³/mol. The number of ether oxygens (including phenoxy) is 1. The van der Waals surface area contributed by atoms with Gasteiger partial charge in [-0.1, -0.05) is 19.1 Å². The van der Waals surface area contributed by atoms with Gasteiger partial charge in [0.25, 0.3) is 0 Å². The van der Waals surface area contributed by atoms with E-state index in [1.54, 1.807) is 7.11 Å². The van der Waals surface area contributed by atoms with E-state index in [0.29, 0.717) is 17.7 Å². The third-order valence-corrected chi connectivity index (χ3v) is 4.35. The molecule has 4 nitrogen and oxygen atoms in total. The van der Waals surface area contributed by atoms with E-state index in [4.69, 9.17) is 14.3 Å². The van der Waals surface area contributed by atoms with Crippen molar-refractivity contribution in [1.82, 2.24) is 4.90 Å². The van der Waals surface area contributed by atoms with Crippen molar-refractivity contribution in [1.29, 1.82) is 0 Å². The van der Waals surface area contributed by atoms with Crippen LogP contribution in [0.4, 0.5) is 0 Å². The zero-order chi connectivity index (χ0) is 15.5. The first-order chi connectivity index (χ1) is 10.7. The van der Waals surface area contributed by atoms with Crippen LogP contribution in [0.2, 0.25) is 0 Å². The molecule has 1 fully saturated rings. The first-order valence-corrected chi connectivity index (χ1v) is 7.76. The Labute approximate surface area is 131 Å². The lowest BCUT2D eigenvalue weighted by Gasteiger charge is -2.24. The van der Waals surface area contributed by atoms with Crippen LogP contribution in [0.1, 0.15) is 36.5 Å². The highest BCUT2D eigenvalue weighted by molar-refractivity contribution is 5.29. The lowest BCUT2D eigenvalue weighted by atomic mass is 10.0. The smallest absolute Gasteiger partial charge is 0.129 e. The van der Waals surface area contributed by atoms with Gasteiger partial charge in [0.05, 0.1) is 13.7 Å². The fraction of sp³-hybridized carbons (Fsp3) is 0.444. The van der Waals surface area contributed by atoms with Gasteiger partial charge >= 0.3 is 0 Å². The fourth-order valence-corrected chi connectivity index (χ4v) is 3.27. The summed E-state index contributed by atoms with van der Waals surface area (Å²) in [6, 6.07) is 12.5. The van der Waals surface area contributed by atoms with E-state index in [9.17, 15) is 0 Å². The van der Waals surface area contributed by atoms with Crippen molar-refractivity contribution < 1.29 is 14.3 Å². The molecule has 4 heteroatoms. The lowest BCUT2D eigenvalue weighted by Crippen LogP contribution is -2.23. The van der Waals surface area contributed by atoms with Gasteiger partial charge in [-0.2, -0.15) is 0 Å². The number of aliphatic hydroxyl groups excluding tert-OH is 1. The van der Waals surface area contributed by atoms with Gasteiger partial charge in [0.2, 0.25) is 0 Å². The van der Waals surface area contributed by atoms with Crippen molar-refractivity contribution in [3.63, 3.8) is 0 Å². The van der Waals surface area contributed by atoms with Gasteiger partial charge in [-0.05, 0) is 42.2 Å². The Morgan fingerprint density at radius 1 is 1.18 bits per heavy atom. The van der Waals surface area contributed by atoms with E-state index >= 15 is 0 Å². The molecule has 0 radical (unpaired) electrons. The number of aliphatic hydroxyl groups is 1. The second kappa shape index (κ2) is 6.55. The number of hydrogen-bond acceptors (Lipinski definition) is 4. The van der Waals surface area contributed by atoms with Crippen LogP contribution >= 0.6 is 0 Å². The molecule has 0 amide bonds. The van der Waals surface area contributed by atoms with Crippen LogP contribution in [0.15, 0.2) is 40.8 Å². The molecular weight excluding hydrogens is 278 g/mol. The molecule has 1 aromatic carbocycles. The third kappa shape index (κ3) is 3.18. The summed E-state index contributed by atoms with van der Waals surface area (Å²) in [6.07, 6.45) is 1.15. The van der Waals surface area contributed by atoms with E-state index in [0.717, 1.165) is 31.0 Å². The molecule has 2 aromatic rings. The van der Waals surface area contributed by atoms with Crippen molar-refractivity contribution in [2.24, 2.45) is 5.92 Å². The number of methoxy groups -OCH3 is 1. The molecule has 2 heterocycles. The minimum Gasteiger partial charge on any atom is -0.497 e. The quantitative estimate of drug-likeness (QED) is 0.920. The molecule has 3 rings (SSSR count). The Hall–Kier alpha value is -1.78. The van der Waals surface area contributed by atoms with E-state index in [-0.39, 0.29) is 6.61 Å². The van der Waals surface area contributed by atoms with Crippen LogP contribution in [-0.2, 0) is 13.2 Å². The SMILES string of the molecule is COc1ccc([C@H]2C[C@@H](C)CN2Cc2ccc(CO)o2)cc1. The lowest BCUT2D eigenvalue weighted by molar-refractivity contribution is 0.208. The monoisotopic (exact) mass is 301 g/mol. The minimum absolute atomic E-state index is 0.0433. The highest BCUT2D eigenvalue weighted by Gasteiger charge is 2.31. The maximum atomic E-state index is 9.11. The summed E-state index contributed by atoms with van der Waals surface area (Å²) in [5.41, 5.74) is 1.32. The summed E-state index contributed by atoms with van der Waals surface area (Å²) >= 11 is 0. The average molecular weight is 301 g/mol. The van der Waals surface area contributed by atoms with Gasteiger partial charge < -0.3 is 14.3 Å². The molecular formula is C18H23NO3. The number of hydrogen-bond donors (Lipinski definition) is 1. The van der Waals surface area contributed by atoms with Gasteiger partial charge in [0.1, 0.15) is 23.9 Å². The summed E-state index contributed by atoms with van der Waals surface area (Å²) < 4.78 is 10.9. The molecule has 22 heavy (non-hydrogen) atoms. The largest absolute Gasteiger partial charge is 0.497 e. The topological polar surface area (TPSA) is 45.8 Å². The molecule has 1 aliphatic rings. The van der Waals surface area contributed by atoms with Gasteiger partial charge in [-0.25, -0.2) is 0 Å². The van der Waals surface area contributed by atoms with Crippen LogP contribution < -0.4 is 4.74 Å². The summed E-state index contributed by atoms with van der Waals surface area (Å²) in [5, 5.41) is 9.11. The second-order valence-electron chi connectivity index (χ2n) is 6.09. The minimum atomic E-state index is -0.0433. The van der Waals surface area contributed by atoms with Crippen LogP contribution in [0.25, 0.3) is 0 Å². The molecule has 1 aliphatic heterocycles. The highest BCUT2D eigenvalue weighted by atomic mass is 16.5. The normalized spacial score (nSPS) is 22.1. The summed E-state index contributed by atoms with van der Waals surface area (Å²) in [6.45, 7) is 4.09. The van der Waals surface area contributed by atoms with E-state index in [1.165, 1.54) is 5.56 Å². The van der Waals surface area contributed by atoms with Crippen LogP contribution in [0.5, 0.6) is 5.75 Å². The Morgan fingerprint density at radius 3 is 2.55 bits per heavy atom. The number of nitrogens with zero attached hydrogens (tertiary/aromatic N) is 1. The molecule has 1 saturated heterocycles. The number of likely N-dealkylation sites (tertiary alicyclic amines) is 1.